The van der Waals surface area contributed by atoms with E-state index in [4.69, 9.17) is 4.74 Å². The Bertz CT molecular complexity index is 795. The highest BCUT2D eigenvalue weighted by Gasteiger charge is 2.34. The Morgan fingerprint density at radius 2 is 2.00 bits per heavy atom. The van der Waals surface area contributed by atoms with Gasteiger partial charge >= 0.3 is 0 Å². The maximum absolute atomic E-state index is 13.8. The molecule has 2 aromatic carbocycles. The van der Waals surface area contributed by atoms with Crippen LogP contribution < -0.4 is 10.1 Å². The van der Waals surface area contributed by atoms with Gasteiger partial charge in [0.25, 0.3) is 0 Å². The molecule has 1 unspecified atom stereocenters. The summed E-state index contributed by atoms with van der Waals surface area (Å²) in [5.41, 5.74) is 1.26. The minimum Gasteiger partial charge on any atom is -0.494 e. The maximum atomic E-state index is 13.8. The topological polar surface area (TPSA) is 58.6 Å². The van der Waals surface area contributed by atoms with E-state index in [1.807, 2.05) is 18.2 Å². The van der Waals surface area contributed by atoms with Crippen LogP contribution in [-0.2, 0) is 16.0 Å². The van der Waals surface area contributed by atoms with Gasteiger partial charge in [0.05, 0.1) is 13.5 Å². The minimum atomic E-state index is -0.502. The first-order chi connectivity index (χ1) is 12.6. The third kappa shape index (κ3) is 4.02. The summed E-state index contributed by atoms with van der Waals surface area (Å²) in [6.45, 7) is 0.532. The summed E-state index contributed by atoms with van der Waals surface area (Å²) in [6.07, 6.45) is 1.45. The Balaban J connectivity index is 1.66. The van der Waals surface area contributed by atoms with Crippen molar-refractivity contribution in [2.45, 2.75) is 25.3 Å². The fourth-order valence-electron chi connectivity index (χ4n) is 3.18. The summed E-state index contributed by atoms with van der Waals surface area (Å²) in [5, 5.41) is 2.85. The highest BCUT2D eigenvalue weighted by Crippen LogP contribution is 2.22. The molecule has 0 saturated carbocycles. The molecule has 0 radical (unpaired) electrons. The molecule has 2 aromatic rings. The van der Waals surface area contributed by atoms with Crippen molar-refractivity contribution in [1.29, 1.82) is 0 Å². The predicted molar refractivity (Wildman–Crippen MR) is 96.5 cm³/mol. The van der Waals surface area contributed by atoms with Gasteiger partial charge in [-0.1, -0.05) is 24.3 Å². The molecule has 2 amide bonds. The first kappa shape index (κ1) is 17.9. The van der Waals surface area contributed by atoms with Gasteiger partial charge in [-0.25, -0.2) is 4.39 Å². The molecule has 1 aliphatic rings. The molecule has 5 nitrogen and oxygen atoms in total. The van der Waals surface area contributed by atoms with E-state index < -0.39 is 11.9 Å². The van der Waals surface area contributed by atoms with Crippen LogP contribution in [0.1, 0.15) is 18.4 Å². The second kappa shape index (κ2) is 7.99. The van der Waals surface area contributed by atoms with Crippen LogP contribution >= 0.6 is 0 Å². The van der Waals surface area contributed by atoms with E-state index in [0.29, 0.717) is 24.2 Å². The quantitative estimate of drug-likeness (QED) is 0.896. The van der Waals surface area contributed by atoms with Gasteiger partial charge in [0, 0.05) is 12.2 Å². The molecule has 1 aliphatic heterocycles. The van der Waals surface area contributed by atoms with Crippen LogP contribution in [0.15, 0.2) is 48.5 Å². The zero-order chi connectivity index (χ0) is 18.5. The zero-order valence-corrected chi connectivity index (χ0v) is 14.6. The molecule has 0 aromatic heterocycles. The van der Waals surface area contributed by atoms with Gasteiger partial charge in [-0.2, -0.15) is 0 Å². The van der Waals surface area contributed by atoms with Crippen molar-refractivity contribution in [2.75, 3.05) is 19.0 Å². The SMILES string of the molecule is COc1ccc(CC(=O)N2CCCC2C(=O)Nc2ccccc2)cc1F. The second-order valence-corrected chi connectivity index (χ2v) is 6.25. The smallest absolute Gasteiger partial charge is 0.247 e. The predicted octanol–water partition coefficient (Wildman–Crippen LogP) is 3.01. The molecule has 0 aliphatic carbocycles. The third-order valence-electron chi connectivity index (χ3n) is 4.49. The molecular formula is C20H21FN2O3. The van der Waals surface area contributed by atoms with Crippen LogP contribution in [0, 0.1) is 5.82 Å². The van der Waals surface area contributed by atoms with E-state index in [1.54, 1.807) is 23.1 Å². The second-order valence-electron chi connectivity index (χ2n) is 6.25. The summed E-state index contributed by atoms with van der Waals surface area (Å²) in [5.74, 6) is -0.733. The fourth-order valence-corrected chi connectivity index (χ4v) is 3.18. The number of rotatable bonds is 5. The molecule has 0 spiro atoms. The number of ether oxygens (including phenoxy) is 1. The van der Waals surface area contributed by atoms with E-state index in [1.165, 1.54) is 19.2 Å². The summed E-state index contributed by atoms with van der Waals surface area (Å²) >= 11 is 0. The van der Waals surface area contributed by atoms with Gasteiger partial charge in [-0.3, -0.25) is 9.59 Å². The molecule has 1 fully saturated rings. The van der Waals surface area contributed by atoms with E-state index in [-0.39, 0.29) is 24.0 Å². The monoisotopic (exact) mass is 356 g/mol. The first-order valence-corrected chi connectivity index (χ1v) is 8.56. The van der Waals surface area contributed by atoms with E-state index in [2.05, 4.69) is 5.32 Å². The van der Waals surface area contributed by atoms with Gasteiger partial charge in [0.1, 0.15) is 6.04 Å². The molecule has 6 heteroatoms. The van der Waals surface area contributed by atoms with Crippen LogP contribution in [-0.4, -0.2) is 36.4 Å². The molecule has 1 saturated heterocycles. The Kier molecular flexibility index (Phi) is 5.51. The van der Waals surface area contributed by atoms with Crippen molar-refractivity contribution in [3.05, 3.63) is 59.9 Å². The maximum Gasteiger partial charge on any atom is 0.247 e. The van der Waals surface area contributed by atoms with E-state index in [9.17, 15) is 14.0 Å². The standard InChI is InChI=1S/C20H21FN2O3/c1-26-18-10-9-14(12-16(18)21)13-19(24)23-11-5-8-17(23)20(25)22-15-6-3-2-4-7-15/h2-4,6-7,9-10,12,17H,5,8,11,13H2,1H3,(H,22,25). The van der Waals surface area contributed by atoms with E-state index >= 15 is 0 Å². The van der Waals surface area contributed by atoms with Gasteiger partial charge in [-0.15, -0.1) is 0 Å². The Hall–Kier alpha value is -2.89. The van der Waals surface area contributed by atoms with Gasteiger partial charge in [0.15, 0.2) is 11.6 Å². The van der Waals surface area contributed by atoms with Crippen molar-refractivity contribution in [3.63, 3.8) is 0 Å². The molecule has 26 heavy (non-hydrogen) atoms. The normalized spacial score (nSPS) is 16.4. The van der Waals surface area contributed by atoms with Crippen molar-refractivity contribution in [3.8, 4) is 5.75 Å². The number of hydrogen-bond donors (Lipinski definition) is 1. The highest BCUT2D eigenvalue weighted by molar-refractivity contribution is 5.97. The van der Waals surface area contributed by atoms with Crippen molar-refractivity contribution >= 4 is 17.5 Å². The average molecular weight is 356 g/mol. The lowest BCUT2D eigenvalue weighted by atomic mass is 10.1. The molecule has 0 bridgehead atoms. The number of nitrogens with one attached hydrogen (secondary N) is 1. The summed E-state index contributed by atoms with van der Waals surface area (Å²) in [6, 6.07) is 13.1. The number of para-hydroxylation sites is 1. The van der Waals surface area contributed by atoms with Crippen LogP contribution in [0.3, 0.4) is 0 Å². The molecule has 136 valence electrons. The number of methoxy groups -OCH3 is 1. The third-order valence-corrected chi connectivity index (χ3v) is 4.49. The number of halogens is 1. The Morgan fingerprint density at radius 1 is 1.23 bits per heavy atom. The number of anilines is 1. The van der Waals surface area contributed by atoms with Crippen molar-refractivity contribution in [2.24, 2.45) is 0 Å². The lowest BCUT2D eigenvalue weighted by Gasteiger charge is -2.24. The Morgan fingerprint density at radius 3 is 2.69 bits per heavy atom. The van der Waals surface area contributed by atoms with Crippen LogP contribution in [0.25, 0.3) is 0 Å². The number of nitrogens with zero attached hydrogens (tertiary/aromatic N) is 1. The summed E-state index contributed by atoms with van der Waals surface area (Å²) in [4.78, 5) is 26.8. The molecule has 3 rings (SSSR count). The van der Waals surface area contributed by atoms with Crippen LogP contribution in [0.4, 0.5) is 10.1 Å². The van der Waals surface area contributed by atoms with Crippen LogP contribution in [0.5, 0.6) is 5.75 Å². The molecule has 1 heterocycles. The lowest BCUT2D eigenvalue weighted by molar-refractivity contribution is -0.136. The number of carbonyl (C=O) groups excluding carboxylic acids is 2. The Labute approximate surface area is 151 Å². The number of benzene rings is 2. The molecular weight excluding hydrogens is 335 g/mol. The van der Waals surface area contributed by atoms with Crippen molar-refractivity contribution in [1.82, 2.24) is 4.90 Å². The zero-order valence-electron chi connectivity index (χ0n) is 14.6. The average Bonchev–Trinajstić information content (AvgIpc) is 3.13. The van der Waals surface area contributed by atoms with E-state index in [0.717, 1.165) is 6.42 Å². The molecule has 1 N–H and O–H groups in total. The highest BCUT2D eigenvalue weighted by atomic mass is 19.1. The number of carbonyl (C=O) groups is 2. The largest absolute Gasteiger partial charge is 0.494 e. The first-order valence-electron chi connectivity index (χ1n) is 8.56. The number of amides is 2. The lowest BCUT2D eigenvalue weighted by Crippen LogP contribution is -2.43. The summed E-state index contributed by atoms with van der Waals surface area (Å²) < 4.78 is 18.7. The van der Waals surface area contributed by atoms with Gasteiger partial charge < -0.3 is 15.0 Å². The van der Waals surface area contributed by atoms with Crippen molar-refractivity contribution < 1.29 is 18.7 Å². The van der Waals surface area contributed by atoms with Crippen LogP contribution in [0.2, 0.25) is 0 Å². The summed E-state index contributed by atoms with van der Waals surface area (Å²) in [7, 11) is 1.39. The number of hydrogen-bond acceptors (Lipinski definition) is 3. The fraction of sp³-hybridized carbons (Fsp3) is 0.300. The number of likely N-dealkylation sites (tertiary alicyclic amines) is 1. The van der Waals surface area contributed by atoms with Gasteiger partial charge in [0.2, 0.25) is 11.8 Å². The van der Waals surface area contributed by atoms with Gasteiger partial charge in [-0.05, 0) is 42.7 Å². The molecule has 1 atom stereocenters. The minimum absolute atomic E-state index is 0.0516.